The van der Waals surface area contributed by atoms with Gasteiger partial charge < -0.3 is 4.74 Å². The summed E-state index contributed by atoms with van der Waals surface area (Å²) in [6.45, 7) is 4.84. The van der Waals surface area contributed by atoms with E-state index in [1.807, 2.05) is 25.3 Å². The fourth-order valence-corrected chi connectivity index (χ4v) is 2.02. The van der Waals surface area contributed by atoms with Gasteiger partial charge in [0.1, 0.15) is 5.75 Å². The van der Waals surface area contributed by atoms with Crippen molar-refractivity contribution in [2.24, 2.45) is 0 Å². The van der Waals surface area contributed by atoms with E-state index in [1.165, 1.54) is 11.1 Å². The van der Waals surface area contributed by atoms with Crippen molar-refractivity contribution in [3.8, 4) is 5.75 Å². The number of benzene rings is 1. The van der Waals surface area contributed by atoms with Crippen molar-refractivity contribution < 1.29 is 4.74 Å². The van der Waals surface area contributed by atoms with Gasteiger partial charge >= 0.3 is 0 Å². The van der Waals surface area contributed by atoms with Crippen LogP contribution in [0.1, 0.15) is 30.7 Å². The molecule has 1 aromatic heterocycles. The van der Waals surface area contributed by atoms with Crippen molar-refractivity contribution in [2.75, 3.05) is 6.61 Å². The number of rotatable bonds is 6. The average Bonchev–Trinajstić information content (AvgIpc) is 2.47. The second-order valence-electron chi connectivity index (χ2n) is 4.59. The summed E-state index contributed by atoms with van der Waals surface area (Å²) < 4.78 is 5.44. The predicted octanol–water partition coefficient (Wildman–Crippen LogP) is 3.83. The maximum Gasteiger partial charge on any atom is 0.119 e. The van der Waals surface area contributed by atoms with Gasteiger partial charge in [0.25, 0.3) is 0 Å². The summed E-state index contributed by atoms with van der Waals surface area (Å²) in [5, 5.41) is 0. The number of aromatic nitrogens is 1. The van der Waals surface area contributed by atoms with Crippen molar-refractivity contribution in [3.05, 3.63) is 59.4 Å². The van der Waals surface area contributed by atoms with Crippen molar-refractivity contribution in [1.82, 2.24) is 4.98 Å². The van der Waals surface area contributed by atoms with Gasteiger partial charge in [-0.3, -0.25) is 4.98 Å². The highest BCUT2D eigenvalue weighted by atomic mass is 16.5. The normalized spacial score (nSPS) is 10.4. The molecule has 0 spiro atoms. The SMILES string of the molecule is CCOc1ccc(CCc2ccc(CC)nc2)cc1. The zero-order valence-electron chi connectivity index (χ0n) is 11.7. The molecular weight excluding hydrogens is 234 g/mol. The molecule has 0 amide bonds. The summed E-state index contributed by atoms with van der Waals surface area (Å²) >= 11 is 0. The smallest absolute Gasteiger partial charge is 0.119 e. The third kappa shape index (κ3) is 4.09. The molecule has 0 unspecified atom stereocenters. The molecule has 1 heterocycles. The molecular formula is C17H21NO. The Balaban J connectivity index is 1.90. The quantitative estimate of drug-likeness (QED) is 0.782. The molecule has 0 atom stereocenters. The fraction of sp³-hybridized carbons (Fsp3) is 0.353. The second kappa shape index (κ2) is 6.93. The van der Waals surface area contributed by atoms with Crippen molar-refractivity contribution in [1.29, 1.82) is 0 Å². The van der Waals surface area contributed by atoms with Crippen LogP contribution in [0.4, 0.5) is 0 Å². The molecule has 0 aliphatic heterocycles. The summed E-state index contributed by atoms with van der Waals surface area (Å²) in [4.78, 5) is 4.43. The number of pyridine rings is 1. The Kier molecular flexibility index (Phi) is 4.96. The van der Waals surface area contributed by atoms with E-state index in [0.717, 1.165) is 37.3 Å². The van der Waals surface area contributed by atoms with Crippen molar-refractivity contribution in [3.63, 3.8) is 0 Å². The van der Waals surface area contributed by atoms with Crippen molar-refractivity contribution >= 4 is 0 Å². The van der Waals surface area contributed by atoms with Crippen LogP contribution in [0.25, 0.3) is 0 Å². The molecule has 0 radical (unpaired) electrons. The van der Waals surface area contributed by atoms with E-state index in [4.69, 9.17) is 4.74 Å². The maximum atomic E-state index is 5.44. The highest BCUT2D eigenvalue weighted by Crippen LogP contribution is 2.14. The van der Waals surface area contributed by atoms with Crippen LogP contribution in [0.5, 0.6) is 5.75 Å². The Morgan fingerprint density at radius 1 is 0.895 bits per heavy atom. The van der Waals surface area contributed by atoms with E-state index in [-0.39, 0.29) is 0 Å². The lowest BCUT2D eigenvalue weighted by molar-refractivity contribution is 0.340. The molecule has 0 bridgehead atoms. The summed E-state index contributed by atoms with van der Waals surface area (Å²) in [5.74, 6) is 0.945. The first-order chi connectivity index (χ1) is 9.31. The van der Waals surface area contributed by atoms with E-state index >= 15 is 0 Å². The van der Waals surface area contributed by atoms with Gasteiger partial charge in [-0.05, 0) is 55.5 Å². The lowest BCUT2D eigenvalue weighted by Gasteiger charge is -2.05. The first-order valence-electron chi connectivity index (χ1n) is 6.97. The zero-order valence-corrected chi connectivity index (χ0v) is 11.7. The molecule has 19 heavy (non-hydrogen) atoms. The summed E-state index contributed by atoms with van der Waals surface area (Å²) in [7, 11) is 0. The van der Waals surface area contributed by atoms with Crippen LogP contribution in [-0.4, -0.2) is 11.6 Å². The minimum atomic E-state index is 0.717. The molecule has 1 aromatic carbocycles. The summed E-state index contributed by atoms with van der Waals surface area (Å²) in [6.07, 6.45) is 5.07. The number of hydrogen-bond acceptors (Lipinski definition) is 2. The van der Waals surface area contributed by atoms with Gasteiger partial charge in [-0.15, -0.1) is 0 Å². The molecule has 0 aliphatic carbocycles. The van der Waals surface area contributed by atoms with Crippen LogP contribution < -0.4 is 4.74 Å². The molecule has 2 nitrogen and oxygen atoms in total. The number of nitrogens with zero attached hydrogens (tertiary/aromatic N) is 1. The van der Waals surface area contributed by atoms with Crippen LogP contribution in [0.3, 0.4) is 0 Å². The van der Waals surface area contributed by atoms with Crippen LogP contribution in [0, 0.1) is 0 Å². The van der Waals surface area contributed by atoms with E-state index in [0.29, 0.717) is 0 Å². The molecule has 100 valence electrons. The second-order valence-corrected chi connectivity index (χ2v) is 4.59. The molecule has 2 heteroatoms. The third-order valence-corrected chi connectivity index (χ3v) is 3.18. The Hall–Kier alpha value is -1.83. The van der Waals surface area contributed by atoms with Crippen LogP contribution in [0.15, 0.2) is 42.6 Å². The zero-order chi connectivity index (χ0) is 13.5. The summed E-state index contributed by atoms with van der Waals surface area (Å²) in [5.41, 5.74) is 3.79. The number of ether oxygens (including phenoxy) is 1. The molecule has 0 N–H and O–H groups in total. The lowest BCUT2D eigenvalue weighted by Crippen LogP contribution is -1.95. The monoisotopic (exact) mass is 255 g/mol. The average molecular weight is 255 g/mol. The maximum absolute atomic E-state index is 5.44. The van der Waals surface area contributed by atoms with Gasteiger partial charge in [-0.25, -0.2) is 0 Å². The standard InChI is InChI=1S/C17H21NO/c1-3-16-10-7-15(13-18-16)6-5-14-8-11-17(12-9-14)19-4-2/h7-13H,3-6H2,1-2H3. The molecule has 2 aromatic rings. The van der Waals surface area contributed by atoms with E-state index in [2.05, 4.69) is 36.2 Å². The van der Waals surface area contributed by atoms with Crippen LogP contribution in [-0.2, 0) is 19.3 Å². The van der Waals surface area contributed by atoms with E-state index in [9.17, 15) is 0 Å². The topological polar surface area (TPSA) is 22.1 Å². The van der Waals surface area contributed by atoms with Gasteiger partial charge in [-0.2, -0.15) is 0 Å². The Labute approximate surface area is 115 Å². The highest BCUT2D eigenvalue weighted by Gasteiger charge is 1.98. The lowest BCUT2D eigenvalue weighted by atomic mass is 10.1. The first kappa shape index (κ1) is 13.6. The fourth-order valence-electron chi connectivity index (χ4n) is 2.02. The Morgan fingerprint density at radius 2 is 1.58 bits per heavy atom. The van der Waals surface area contributed by atoms with Gasteiger partial charge in [0.2, 0.25) is 0 Å². The van der Waals surface area contributed by atoms with Gasteiger partial charge in [0.05, 0.1) is 6.61 Å². The number of aryl methyl sites for hydroxylation is 3. The molecule has 2 rings (SSSR count). The molecule has 0 saturated heterocycles. The van der Waals surface area contributed by atoms with Crippen LogP contribution >= 0.6 is 0 Å². The van der Waals surface area contributed by atoms with E-state index in [1.54, 1.807) is 0 Å². The Morgan fingerprint density at radius 3 is 2.16 bits per heavy atom. The van der Waals surface area contributed by atoms with Crippen LogP contribution in [0.2, 0.25) is 0 Å². The van der Waals surface area contributed by atoms with Gasteiger partial charge in [0.15, 0.2) is 0 Å². The minimum Gasteiger partial charge on any atom is -0.494 e. The van der Waals surface area contributed by atoms with Gasteiger partial charge in [0, 0.05) is 11.9 Å². The Bertz CT molecular complexity index is 488. The largest absolute Gasteiger partial charge is 0.494 e. The predicted molar refractivity (Wildman–Crippen MR) is 78.6 cm³/mol. The summed E-state index contributed by atoms with van der Waals surface area (Å²) in [6, 6.07) is 12.7. The highest BCUT2D eigenvalue weighted by molar-refractivity contribution is 5.28. The molecule has 0 saturated carbocycles. The third-order valence-electron chi connectivity index (χ3n) is 3.18. The minimum absolute atomic E-state index is 0.717. The first-order valence-corrected chi connectivity index (χ1v) is 6.97. The van der Waals surface area contributed by atoms with Crippen molar-refractivity contribution in [2.45, 2.75) is 33.1 Å². The molecule has 0 aliphatic rings. The van der Waals surface area contributed by atoms with E-state index < -0.39 is 0 Å². The molecule has 0 fully saturated rings. The van der Waals surface area contributed by atoms with Gasteiger partial charge in [-0.1, -0.05) is 25.1 Å². The number of hydrogen-bond donors (Lipinski definition) is 0.